The van der Waals surface area contributed by atoms with Crippen LogP contribution < -0.4 is 5.32 Å². The molecule has 0 bridgehead atoms. The average molecular weight is 416 g/mol. The zero-order valence-electron chi connectivity index (χ0n) is 15.5. The minimum atomic E-state index is -3.41. The number of sulfonamides is 1. The summed E-state index contributed by atoms with van der Waals surface area (Å²) in [4.78, 5) is 17.4. The Morgan fingerprint density at radius 3 is 2.79 bits per heavy atom. The summed E-state index contributed by atoms with van der Waals surface area (Å²) in [6.07, 6.45) is 3.32. The first kappa shape index (κ1) is 19.0. The number of piperidine rings is 1. The summed E-state index contributed by atoms with van der Waals surface area (Å²) in [5.74, 6) is -0.286. The number of nitrogens with one attached hydrogen (secondary N) is 1. The van der Waals surface area contributed by atoms with Crippen LogP contribution in [0.25, 0.3) is 20.8 Å². The summed E-state index contributed by atoms with van der Waals surface area (Å²) >= 11 is 1.60. The average Bonchev–Trinajstić information content (AvgIpc) is 3.12. The van der Waals surface area contributed by atoms with Gasteiger partial charge in [0.2, 0.25) is 15.9 Å². The lowest BCUT2D eigenvalue weighted by Gasteiger charge is -2.32. The van der Waals surface area contributed by atoms with Crippen molar-refractivity contribution in [1.29, 1.82) is 0 Å². The molecule has 1 atom stereocenters. The normalized spacial score (nSPS) is 18.2. The van der Waals surface area contributed by atoms with Gasteiger partial charge in [-0.15, -0.1) is 11.3 Å². The van der Waals surface area contributed by atoms with Gasteiger partial charge in [0, 0.05) is 17.8 Å². The zero-order chi connectivity index (χ0) is 19.7. The molecular weight excluding hydrogens is 394 g/mol. The monoisotopic (exact) mass is 415 g/mol. The van der Waals surface area contributed by atoms with E-state index < -0.39 is 16.1 Å². The second-order valence-electron chi connectivity index (χ2n) is 6.94. The number of carbonyl (C=O) groups is 1. The van der Waals surface area contributed by atoms with E-state index in [-0.39, 0.29) is 5.91 Å². The molecule has 1 aromatic heterocycles. The molecule has 4 rings (SSSR count). The molecule has 0 radical (unpaired) electrons. The van der Waals surface area contributed by atoms with Crippen molar-refractivity contribution in [3.63, 3.8) is 0 Å². The summed E-state index contributed by atoms with van der Waals surface area (Å²) in [5, 5.41) is 3.77. The zero-order valence-corrected chi connectivity index (χ0v) is 17.1. The first-order chi connectivity index (χ1) is 13.4. The van der Waals surface area contributed by atoms with Gasteiger partial charge in [-0.1, -0.05) is 30.7 Å². The largest absolute Gasteiger partial charge is 0.325 e. The van der Waals surface area contributed by atoms with Crippen molar-refractivity contribution in [2.45, 2.75) is 25.3 Å². The van der Waals surface area contributed by atoms with Crippen LogP contribution in [0.15, 0.2) is 48.5 Å². The molecule has 1 aliphatic heterocycles. The lowest BCUT2D eigenvalue weighted by atomic mass is 10.0. The number of fused-ring (bicyclic) bond motifs is 1. The van der Waals surface area contributed by atoms with Crippen LogP contribution in [-0.4, -0.2) is 42.5 Å². The van der Waals surface area contributed by atoms with Gasteiger partial charge in [0.1, 0.15) is 11.0 Å². The van der Waals surface area contributed by atoms with Crippen LogP contribution in [0.2, 0.25) is 0 Å². The first-order valence-electron chi connectivity index (χ1n) is 9.15. The molecule has 1 N–H and O–H groups in total. The lowest BCUT2D eigenvalue weighted by Crippen LogP contribution is -2.49. The molecule has 0 saturated carbocycles. The second kappa shape index (κ2) is 7.62. The van der Waals surface area contributed by atoms with Crippen molar-refractivity contribution in [2.24, 2.45) is 0 Å². The molecule has 1 amide bonds. The van der Waals surface area contributed by atoms with Crippen LogP contribution in [0.5, 0.6) is 0 Å². The van der Waals surface area contributed by atoms with Gasteiger partial charge in [-0.2, -0.15) is 4.31 Å². The van der Waals surface area contributed by atoms with E-state index in [1.807, 2.05) is 48.5 Å². The molecular formula is C20H21N3O3S2. The van der Waals surface area contributed by atoms with Gasteiger partial charge in [-0.3, -0.25) is 4.79 Å². The van der Waals surface area contributed by atoms with Crippen LogP contribution >= 0.6 is 11.3 Å². The molecule has 3 aromatic rings. The van der Waals surface area contributed by atoms with Gasteiger partial charge in [0.25, 0.3) is 0 Å². The van der Waals surface area contributed by atoms with Crippen molar-refractivity contribution in [3.8, 4) is 10.6 Å². The van der Waals surface area contributed by atoms with Gasteiger partial charge >= 0.3 is 0 Å². The minimum Gasteiger partial charge on any atom is -0.325 e. The maximum Gasteiger partial charge on any atom is 0.242 e. The molecule has 1 unspecified atom stereocenters. The molecule has 0 aliphatic carbocycles. The fraction of sp³-hybridized carbons (Fsp3) is 0.300. The number of anilines is 1. The van der Waals surface area contributed by atoms with Crippen molar-refractivity contribution in [2.75, 3.05) is 18.1 Å². The number of para-hydroxylation sites is 1. The summed E-state index contributed by atoms with van der Waals surface area (Å²) in [6.45, 7) is 0.392. The standard InChI is InChI=1S/C20H21N3O3S2/c1-28(25,26)23-12-5-4-10-17(23)19(24)21-15-8-6-7-14(13-15)20-22-16-9-2-3-11-18(16)27-20/h2-3,6-9,11,13,17H,4-5,10,12H2,1H3,(H,21,24). The number of hydrogen-bond acceptors (Lipinski definition) is 5. The Kier molecular flexibility index (Phi) is 5.18. The summed E-state index contributed by atoms with van der Waals surface area (Å²) < 4.78 is 26.5. The van der Waals surface area contributed by atoms with Crippen molar-refractivity contribution in [3.05, 3.63) is 48.5 Å². The summed E-state index contributed by atoms with van der Waals surface area (Å²) in [6, 6.07) is 14.8. The fourth-order valence-corrected chi connectivity index (χ4v) is 5.60. The third kappa shape index (κ3) is 3.94. The van der Waals surface area contributed by atoms with Crippen LogP contribution in [0.1, 0.15) is 19.3 Å². The van der Waals surface area contributed by atoms with Crippen LogP contribution in [0, 0.1) is 0 Å². The first-order valence-corrected chi connectivity index (χ1v) is 11.8. The Morgan fingerprint density at radius 2 is 2.00 bits per heavy atom. The molecule has 1 fully saturated rings. The van der Waals surface area contributed by atoms with Crippen molar-refractivity contribution < 1.29 is 13.2 Å². The Morgan fingerprint density at radius 1 is 1.18 bits per heavy atom. The molecule has 28 heavy (non-hydrogen) atoms. The van der Waals surface area contributed by atoms with Gasteiger partial charge in [-0.25, -0.2) is 13.4 Å². The molecule has 1 saturated heterocycles. The molecule has 1 aliphatic rings. The number of nitrogens with zero attached hydrogens (tertiary/aromatic N) is 2. The second-order valence-corrected chi connectivity index (χ2v) is 9.91. The van der Waals surface area contributed by atoms with Gasteiger partial charge < -0.3 is 5.32 Å². The van der Waals surface area contributed by atoms with E-state index in [2.05, 4.69) is 10.3 Å². The quantitative estimate of drug-likeness (QED) is 0.704. The topological polar surface area (TPSA) is 79.4 Å². The smallest absolute Gasteiger partial charge is 0.242 e. The number of aromatic nitrogens is 1. The van der Waals surface area contributed by atoms with Crippen LogP contribution in [0.3, 0.4) is 0 Å². The number of amides is 1. The highest BCUT2D eigenvalue weighted by molar-refractivity contribution is 7.88. The summed E-state index contributed by atoms with van der Waals surface area (Å²) in [5.41, 5.74) is 2.51. The highest BCUT2D eigenvalue weighted by Crippen LogP contribution is 2.31. The van der Waals surface area contributed by atoms with Crippen molar-refractivity contribution in [1.82, 2.24) is 9.29 Å². The summed E-state index contributed by atoms with van der Waals surface area (Å²) in [7, 11) is -3.41. The van der Waals surface area contributed by atoms with Crippen LogP contribution in [0.4, 0.5) is 5.69 Å². The molecule has 6 nitrogen and oxygen atoms in total. The van der Waals surface area contributed by atoms with Gasteiger partial charge in [0.05, 0.1) is 16.5 Å². The third-order valence-electron chi connectivity index (χ3n) is 4.85. The predicted octanol–water partition coefficient (Wildman–Crippen LogP) is 3.72. The maximum absolute atomic E-state index is 12.8. The molecule has 2 heterocycles. The highest BCUT2D eigenvalue weighted by atomic mass is 32.2. The lowest BCUT2D eigenvalue weighted by molar-refractivity contribution is -0.120. The van der Waals surface area contributed by atoms with E-state index >= 15 is 0 Å². The number of benzene rings is 2. The van der Waals surface area contributed by atoms with Gasteiger partial charge in [-0.05, 0) is 37.1 Å². The predicted molar refractivity (Wildman–Crippen MR) is 113 cm³/mol. The Balaban J connectivity index is 1.57. The van der Waals surface area contributed by atoms with Crippen LogP contribution in [-0.2, 0) is 14.8 Å². The highest BCUT2D eigenvalue weighted by Gasteiger charge is 2.34. The number of thiazole rings is 1. The Labute approximate surface area is 168 Å². The van der Waals surface area contributed by atoms with E-state index in [4.69, 9.17) is 0 Å². The van der Waals surface area contributed by atoms with Crippen molar-refractivity contribution >= 4 is 43.2 Å². The minimum absolute atomic E-state index is 0.286. The maximum atomic E-state index is 12.8. The number of carbonyl (C=O) groups excluding carboxylic acids is 1. The molecule has 146 valence electrons. The Bertz CT molecular complexity index is 1090. The molecule has 2 aromatic carbocycles. The van der Waals surface area contributed by atoms with E-state index in [9.17, 15) is 13.2 Å². The molecule has 8 heteroatoms. The Hall–Kier alpha value is -2.29. The number of hydrogen-bond donors (Lipinski definition) is 1. The molecule has 0 spiro atoms. The van der Waals surface area contributed by atoms with E-state index in [0.717, 1.165) is 39.9 Å². The fourth-order valence-electron chi connectivity index (χ4n) is 3.52. The third-order valence-corrected chi connectivity index (χ3v) is 7.23. The van der Waals surface area contributed by atoms with E-state index in [1.165, 1.54) is 4.31 Å². The van der Waals surface area contributed by atoms with E-state index in [0.29, 0.717) is 18.7 Å². The number of rotatable bonds is 4. The van der Waals surface area contributed by atoms with Gasteiger partial charge in [0.15, 0.2) is 0 Å². The van der Waals surface area contributed by atoms with E-state index in [1.54, 1.807) is 11.3 Å². The SMILES string of the molecule is CS(=O)(=O)N1CCCCC1C(=O)Nc1cccc(-c2nc3ccccc3s2)c1.